The summed E-state index contributed by atoms with van der Waals surface area (Å²) in [4.78, 5) is 21.0. The maximum absolute atomic E-state index is 9.56. The van der Waals surface area contributed by atoms with E-state index in [4.69, 9.17) is 5.41 Å². The molecule has 0 aromatic heterocycles. The first-order valence-corrected chi connectivity index (χ1v) is 2.19. The summed E-state index contributed by atoms with van der Waals surface area (Å²) in [5.74, 6) is -0.897. The normalized spacial score (nSPS) is 9.45. The molecule has 0 saturated carbocycles. The number of rotatable bonds is 2. The van der Waals surface area contributed by atoms with Crippen LogP contribution in [0.15, 0.2) is 4.99 Å². The van der Waals surface area contributed by atoms with E-state index in [1.54, 1.807) is 0 Å². The van der Waals surface area contributed by atoms with Gasteiger partial charge in [0.25, 0.3) is 0 Å². The quantitative estimate of drug-likeness (QED) is 0.232. The predicted octanol–water partition coefficient (Wildman–Crippen LogP) is -0.993. The minimum atomic E-state index is -1.04. The second-order valence-electron chi connectivity index (χ2n) is 1.25. The second-order valence-corrected chi connectivity index (χ2v) is 1.25. The van der Waals surface area contributed by atoms with E-state index >= 15 is 0 Å². The summed E-state index contributed by atoms with van der Waals surface area (Å²) in [6, 6.07) is 0. The van der Waals surface area contributed by atoms with Crippen LogP contribution in [-0.2, 0) is 0 Å². The average Bonchev–Trinajstić information content (AvgIpc) is 1.82. The van der Waals surface area contributed by atoms with Crippen LogP contribution in [0.25, 0.3) is 0 Å². The lowest BCUT2D eigenvalue weighted by atomic mass is 11.0. The van der Waals surface area contributed by atoms with E-state index in [9.17, 15) is 20.2 Å². The lowest BCUT2D eigenvalue weighted by Gasteiger charge is -1.84. The third-order valence-corrected chi connectivity index (χ3v) is 0.478. The summed E-state index contributed by atoms with van der Waals surface area (Å²) in [6.45, 7) is 0. The van der Waals surface area contributed by atoms with E-state index in [0.29, 0.717) is 0 Å². The summed E-state index contributed by atoms with van der Waals surface area (Å²) in [7, 11) is 0. The van der Waals surface area contributed by atoms with Crippen LogP contribution >= 0.6 is 0 Å². The highest BCUT2D eigenvalue weighted by Crippen LogP contribution is 1.69. The zero-order valence-electron chi connectivity index (χ0n) is 5.05. The van der Waals surface area contributed by atoms with Gasteiger partial charge in [-0.2, -0.15) is 0 Å². The molecule has 0 fully saturated rings. The monoisotopic (exact) mass is 161 g/mol. The zero-order chi connectivity index (χ0) is 8.85. The van der Waals surface area contributed by atoms with Gasteiger partial charge >= 0.3 is 12.3 Å². The maximum atomic E-state index is 9.56. The summed E-state index contributed by atoms with van der Waals surface area (Å²) < 4.78 is 0. The van der Waals surface area contributed by atoms with Crippen LogP contribution in [0.3, 0.4) is 0 Å². The van der Waals surface area contributed by atoms with Crippen molar-refractivity contribution in [1.29, 1.82) is 5.41 Å². The second kappa shape index (κ2) is 3.87. The Morgan fingerprint density at radius 2 is 2.09 bits per heavy atom. The molecular formula is C2H3N5O4. The number of hydrogen-bond donors (Lipinski definition) is 2. The van der Waals surface area contributed by atoms with Crippen molar-refractivity contribution in [1.82, 2.24) is 5.43 Å². The number of nitro groups is 2. The molecule has 0 bridgehead atoms. The highest BCUT2D eigenvalue weighted by molar-refractivity contribution is 5.81. The fourth-order valence-corrected chi connectivity index (χ4v) is 0.220. The Hall–Kier alpha value is -2.06. The van der Waals surface area contributed by atoms with Gasteiger partial charge < -0.3 is 10.1 Å². The Kier molecular flexibility index (Phi) is 3.15. The summed E-state index contributed by atoms with van der Waals surface area (Å²) >= 11 is 0. The zero-order valence-corrected chi connectivity index (χ0v) is 5.05. The third-order valence-electron chi connectivity index (χ3n) is 0.478. The number of aliphatic imine (C=N–C) groups is 1. The predicted molar refractivity (Wildman–Crippen MR) is 33.3 cm³/mol. The fourth-order valence-electron chi connectivity index (χ4n) is 0.220. The molecule has 60 valence electrons. The molecule has 0 aliphatic carbocycles. The van der Waals surface area contributed by atoms with Crippen molar-refractivity contribution in [3.63, 3.8) is 0 Å². The van der Waals surface area contributed by atoms with Gasteiger partial charge in [0.15, 0.2) is 5.03 Å². The Bertz CT molecular complexity index is 221. The van der Waals surface area contributed by atoms with Crippen molar-refractivity contribution >= 4 is 12.3 Å². The van der Waals surface area contributed by atoms with Crippen LogP contribution in [-0.4, -0.2) is 22.3 Å². The molecule has 0 heterocycles. The molecule has 0 atom stereocenters. The molecule has 0 spiro atoms. The molecule has 2 N–H and O–H groups in total. The van der Waals surface area contributed by atoms with E-state index in [0.717, 1.165) is 0 Å². The van der Waals surface area contributed by atoms with Gasteiger partial charge in [-0.15, -0.1) is 0 Å². The molecule has 0 saturated heterocycles. The SMILES string of the molecule is N=C(N=C[N+](=O)[O-])N[N+](=O)[O-]. The summed E-state index contributed by atoms with van der Waals surface area (Å²) in [6.07, 6.45) is 0.179. The average molecular weight is 161 g/mol. The first-order valence-electron chi connectivity index (χ1n) is 2.19. The molecule has 0 aliphatic heterocycles. The molecule has 0 aliphatic rings. The standard InChI is InChI=1S/C2H3N5O4/c3-2(5-7(10)11)4-1-6(8)9/h1H,(H2,3,5). The molecule has 9 heteroatoms. The van der Waals surface area contributed by atoms with E-state index < -0.39 is 15.9 Å². The van der Waals surface area contributed by atoms with Gasteiger partial charge in [0.2, 0.25) is 0 Å². The van der Waals surface area contributed by atoms with Crippen LogP contribution in [0.2, 0.25) is 0 Å². The van der Waals surface area contributed by atoms with Gasteiger partial charge in [-0.3, -0.25) is 0 Å². The number of hydrazine groups is 1. The van der Waals surface area contributed by atoms with Crippen molar-refractivity contribution in [2.45, 2.75) is 0 Å². The summed E-state index contributed by atoms with van der Waals surface area (Å²) in [5.41, 5.74) is 1.30. The number of nitrogens with one attached hydrogen (secondary N) is 2. The molecule has 11 heavy (non-hydrogen) atoms. The largest absolute Gasteiger partial charge is 0.388 e. The minimum absolute atomic E-state index is 0.179. The first kappa shape index (κ1) is 8.94. The highest BCUT2D eigenvalue weighted by atomic mass is 16.7. The maximum Gasteiger partial charge on any atom is 0.388 e. The topological polar surface area (TPSA) is 135 Å². The molecule has 9 nitrogen and oxygen atoms in total. The van der Waals surface area contributed by atoms with Crippen LogP contribution in [0.1, 0.15) is 0 Å². The van der Waals surface area contributed by atoms with Crippen LogP contribution in [0.4, 0.5) is 0 Å². The third kappa shape index (κ3) is 5.82. The van der Waals surface area contributed by atoms with Crippen LogP contribution in [0, 0.1) is 25.6 Å². The van der Waals surface area contributed by atoms with Crippen molar-refractivity contribution in [3.05, 3.63) is 20.2 Å². The van der Waals surface area contributed by atoms with Gasteiger partial charge in [-0.1, -0.05) is 0 Å². The lowest BCUT2D eigenvalue weighted by Crippen LogP contribution is -2.27. The van der Waals surface area contributed by atoms with E-state index in [-0.39, 0.29) is 6.34 Å². The molecule has 0 amide bonds. The molecule has 0 unspecified atom stereocenters. The van der Waals surface area contributed by atoms with Crippen LogP contribution < -0.4 is 5.43 Å². The van der Waals surface area contributed by atoms with Crippen molar-refractivity contribution in [2.24, 2.45) is 4.99 Å². The molecule has 0 aromatic carbocycles. The van der Waals surface area contributed by atoms with E-state index in [2.05, 4.69) is 4.99 Å². The van der Waals surface area contributed by atoms with Gasteiger partial charge in [0.05, 0.1) is 0 Å². The molecule has 0 radical (unpaired) electrons. The van der Waals surface area contributed by atoms with Crippen molar-refractivity contribution < 1.29 is 9.96 Å². The summed E-state index contributed by atoms with van der Waals surface area (Å²) in [5, 5.41) is 24.6. The highest BCUT2D eigenvalue weighted by Gasteiger charge is 2.05. The Morgan fingerprint density at radius 1 is 1.55 bits per heavy atom. The van der Waals surface area contributed by atoms with Gasteiger partial charge in [0, 0.05) is 0 Å². The first-order chi connectivity index (χ1) is 5.02. The van der Waals surface area contributed by atoms with E-state index in [1.807, 2.05) is 0 Å². The molecule has 0 aromatic rings. The van der Waals surface area contributed by atoms with Crippen molar-refractivity contribution in [2.75, 3.05) is 0 Å². The minimum Gasteiger partial charge on any atom is -0.358 e. The number of hydrogen-bond acceptors (Lipinski definition) is 5. The smallest absolute Gasteiger partial charge is 0.358 e. The number of guanidine groups is 1. The Labute approximate surface area is 59.5 Å². The Morgan fingerprint density at radius 3 is 2.45 bits per heavy atom. The van der Waals surface area contributed by atoms with Gasteiger partial charge in [-0.25, -0.2) is 15.5 Å². The van der Waals surface area contributed by atoms with E-state index in [1.165, 1.54) is 5.43 Å². The van der Waals surface area contributed by atoms with Gasteiger partial charge in [0.1, 0.15) is 0 Å². The molecular weight excluding hydrogens is 158 g/mol. The lowest BCUT2D eigenvalue weighted by molar-refractivity contribution is -0.525. The fraction of sp³-hybridized carbons (Fsp3) is 0. The van der Waals surface area contributed by atoms with Gasteiger partial charge in [-0.05, 0) is 15.3 Å². The van der Waals surface area contributed by atoms with Crippen LogP contribution in [0.5, 0.6) is 0 Å². The number of nitrogens with zero attached hydrogens (tertiary/aromatic N) is 3. The Balaban J connectivity index is 3.88. The van der Waals surface area contributed by atoms with Crippen molar-refractivity contribution in [3.8, 4) is 0 Å². The molecule has 0 rings (SSSR count).